The Hall–Kier alpha value is -2.86. The number of nitrogen functional groups attached to an aromatic ring is 1. The van der Waals surface area contributed by atoms with E-state index in [9.17, 15) is 24.4 Å². The predicted octanol–water partition coefficient (Wildman–Crippen LogP) is 1.88. The van der Waals surface area contributed by atoms with E-state index < -0.39 is 63.8 Å². The first-order valence-corrected chi connectivity index (χ1v) is 16.0. The number of aromatic nitrogens is 1. The highest BCUT2D eigenvalue weighted by atomic mass is 32.2. The normalized spacial score (nSPS) is 25.8. The summed E-state index contributed by atoms with van der Waals surface area (Å²) >= 11 is 3.45. The summed E-state index contributed by atoms with van der Waals surface area (Å²) in [7, 11) is 0. The van der Waals surface area contributed by atoms with Crippen LogP contribution in [0.1, 0.15) is 46.7 Å². The molecule has 0 aliphatic carbocycles. The van der Waals surface area contributed by atoms with Crippen LogP contribution in [0.25, 0.3) is 0 Å². The van der Waals surface area contributed by atoms with Crippen molar-refractivity contribution in [3.05, 3.63) is 22.3 Å². The van der Waals surface area contributed by atoms with Crippen LogP contribution in [-0.4, -0.2) is 92.1 Å². The maximum Gasteiger partial charge on any atom is 0.358 e. The molecule has 42 heavy (non-hydrogen) atoms. The second kappa shape index (κ2) is 12.0. The van der Waals surface area contributed by atoms with Crippen molar-refractivity contribution in [2.24, 2.45) is 10.6 Å². The zero-order chi connectivity index (χ0) is 31.0. The zero-order valence-electron chi connectivity index (χ0n) is 23.9. The van der Waals surface area contributed by atoms with Crippen molar-refractivity contribution in [3.8, 4) is 0 Å². The molecule has 4 rings (SSSR count). The Kier molecular flexibility index (Phi) is 9.18. The number of nitrogens with zero attached hydrogens (tertiary/aromatic N) is 3. The van der Waals surface area contributed by atoms with E-state index in [2.05, 4.69) is 15.5 Å². The van der Waals surface area contributed by atoms with Gasteiger partial charge in [-0.25, -0.2) is 9.78 Å². The van der Waals surface area contributed by atoms with Gasteiger partial charge < -0.3 is 35.2 Å². The summed E-state index contributed by atoms with van der Waals surface area (Å²) in [5, 5.41) is 16.2. The molecule has 0 saturated carbocycles. The van der Waals surface area contributed by atoms with E-state index in [1.54, 1.807) is 40.9 Å². The third-order valence-electron chi connectivity index (χ3n) is 6.59. The minimum absolute atomic E-state index is 0.0412. The number of esters is 2. The molecule has 2 amide bonds. The summed E-state index contributed by atoms with van der Waals surface area (Å²) < 4.78 is 22.2. The standard InChI is InChI=1S/C25H33N5O9S3/c1-23(2,3)21(34)37-11-36-18(32)16-12(14-7-8-38-24(4,5)39-14)9-41-20-25(40-6,19(33)30(16)20)28-17(31)15(29-35)13-10-42-22(26)27-13/h10,14,20,35H,7-9,11H2,1-6H3,(H2,26,27)(H,28,31)/b29-15-/t14?,20-,25?/m0/s1. The Balaban J connectivity index is 1.62. The third-order valence-corrected chi connectivity index (χ3v) is 9.92. The van der Waals surface area contributed by atoms with E-state index in [0.717, 1.165) is 23.1 Å². The van der Waals surface area contributed by atoms with Crippen LogP contribution < -0.4 is 11.1 Å². The molecular formula is C25H33N5O9S3. The largest absolute Gasteiger partial charge is 0.427 e. The van der Waals surface area contributed by atoms with Gasteiger partial charge in [0.1, 0.15) is 16.8 Å². The lowest BCUT2D eigenvalue weighted by molar-refractivity contribution is -0.265. The molecule has 1 aromatic heterocycles. The van der Waals surface area contributed by atoms with Crippen LogP contribution in [0.15, 0.2) is 21.8 Å². The van der Waals surface area contributed by atoms with Gasteiger partial charge in [0.25, 0.3) is 11.8 Å². The number of β-lactam (4-membered cyclic amide) rings is 1. The lowest BCUT2D eigenvalue weighted by Crippen LogP contribution is -2.78. The van der Waals surface area contributed by atoms with Gasteiger partial charge in [-0.05, 0) is 46.4 Å². The average molecular weight is 644 g/mol. The molecule has 1 aromatic rings. The molecule has 4 N–H and O–H groups in total. The number of amides is 2. The Labute approximate surface area is 254 Å². The van der Waals surface area contributed by atoms with E-state index in [1.165, 1.54) is 22.0 Å². The Morgan fingerprint density at radius 1 is 1.33 bits per heavy atom. The molecule has 3 atom stereocenters. The van der Waals surface area contributed by atoms with Gasteiger partial charge >= 0.3 is 11.9 Å². The zero-order valence-corrected chi connectivity index (χ0v) is 26.4. The molecule has 0 aromatic carbocycles. The molecule has 2 saturated heterocycles. The number of nitrogens with one attached hydrogen (secondary N) is 1. The van der Waals surface area contributed by atoms with Crippen LogP contribution in [0.5, 0.6) is 0 Å². The summed E-state index contributed by atoms with van der Waals surface area (Å²) in [6.07, 6.45) is 1.51. The van der Waals surface area contributed by atoms with E-state index in [0.29, 0.717) is 18.6 Å². The first kappa shape index (κ1) is 32.1. The van der Waals surface area contributed by atoms with E-state index >= 15 is 0 Å². The Bertz CT molecular complexity index is 1340. The number of fused-ring (bicyclic) bond motifs is 1. The lowest BCUT2D eigenvalue weighted by atomic mass is 9.97. The van der Waals surface area contributed by atoms with Crippen molar-refractivity contribution in [1.82, 2.24) is 15.2 Å². The molecule has 0 spiro atoms. The monoisotopic (exact) mass is 643 g/mol. The first-order chi connectivity index (χ1) is 19.6. The van der Waals surface area contributed by atoms with Gasteiger partial charge in [0.2, 0.25) is 6.79 Å². The van der Waals surface area contributed by atoms with Crippen LogP contribution in [0.3, 0.4) is 0 Å². The number of thioether (sulfide) groups is 2. The van der Waals surface area contributed by atoms with Gasteiger partial charge in [-0.2, -0.15) is 0 Å². The van der Waals surface area contributed by atoms with Crippen molar-refractivity contribution in [3.63, 3.8) is 0 Å². The summed E-state index contributed by atoms with van der Waals surface area (Å²) in [4.78, 5) is 56.5. The lowest BCUT2D eigenvalue weighted by Gasteiger charge is -2.57. The minimum atomic E-state index is -1.51. The van der Waals surface area contributed by atoms with Gasteiger partial charge in [0.15, 0.2) is 21.5 Å². The molecule has 0 radical (unpaired) electrons. The number of hydrogen-bond donors (Lipinski definition) is 3. The molecule has 2 fully saturated rings. The molecular weight excluding hydrogens is 611 g/mol. The second-order valence-corrected chi connectivity index (χ2v) is 14.0. The van der Waals surface area contributed by atoms with Crippen molar-refractivity contribution in [2.75, 3.05) is 31.1 Å². The minimum Gasteiger partial charge on any atom is -0.427 e. The number of carbonyl (C=O) groups excluding carboxylic acids is 4. The van der Waals surface area contributed by atoms with Gasteiger partial charge in [-0.1, -0.05) is 5.16 Å². The number of thiazole rings is 1. The van der Waals surface area contributed by atoms with Crippen molar-refractivity contribution < 1.29 is 43.3 Å². The fraction of sp³-hybridized carbons (Fsp3) is 0.600. The highest BCUT2D eigenvalue weighted by Gasteiger charge is 2.66. The summed E-state index contributed by atoms with van der Waals surface area (Å²) in [6, 6.07) is 0. The number of anilines is 1. The highest BCUT2D eigenvalue weighted by molar-refractivity contribution is 8.05. The topological polar surface area (TPSA) is 192 Å². The quantitative estimate of drug-likeness (QED) is 0.0930. The molecule has 3 aliphatic rings. The molecule has 2 unspecified atom stereocenters. The van der Waals surface area contributed by atoms with E-state index in [-0.39, 0.29) is 22.3 Å². The number of ether oxygens (including phenoxy) is 4. The van der Waals surface area contributed by atoms with Crippen molar-refractivity contribution in [1.29, 1.82) is 0 Å². The van der Waals surface area contributed by atoms with E-state index in [1.807, 2.05) is 0 Å². The highest BCUT2D eigenvalue weighted by Crippen LogP contribution is 2.52. The maximum atomic E-state index is 13.9. The fourth-order valence-electron chi connectivity index (χ4n) is 4.49. The molecule has 14 nitrogen and oxygen atoms in total. The van der Waals surface area contributed by atoms with Crippen LogP contribution in [-0.2, 0) is 38.1 Å². The van der Waals surface area contributed by atoms with E-state index in [4.69, 9.17) is 24.7 Å². The number of carbonyl (C=O) groups is 4. The molecule has 4 heterocycles. The van der Waals surface area contributed by atoms with Crippen molar-refractivity contribution in [2.45, 2.75) is 63.2 Å². The number of nitrogens with two attached hydrogens (primary N) is 1. The first-order valence-electron chi connectivity index (χ1n) is 12.8. The smallest absolute Gasteiger partial charge is 0.358 e. The number of rotatable bonds is 8. The van der Waals surface area contributed by atoms with Crippen LogP contribution in [0, 0.1) is 5.41 Å². The Morgan fingerprint density at radius 3 is 2.62 bits per heavy atom. The van der Waals surface area contributed by atoms with Crippen LogP contribution in [0.4, 0.5) is 5.13 Å². The second-order valence-electron chi connectivity index (χ2n) is 11.0. The van der Waals surface area contributed by atoms with Gasteiger partial charge in [-0.15, -0.1) is 34.9 Å². The Morgan fingerprint density at radius 2 is 2.05 bits per heavy atom. The maximum absolute atomic E-state index is 13.9. The van der Waals surface area contributed by atoms with Crippen molar-refractivity contribution >= 4 is 69.5 Å². The summed E-state index contributed by atoms with van der Waals surface area (Å²) in [5.74, 6) is -3.56. The van der Waals surface area contributed by atoms with Crippen LogP contribution >= 0.6 is 34.9 Å². The summed E-state index contributed by atoms with van der Waals surface area (Å²) in [5.41, 5.74) is 4.95. The van der Waals surface area contributed by atoms with Gasteiger partial charge in [0.05, 0.1) is 18.1 Å². The van der Waals surface area contributed by atoms with Crippen LogP contribution in [0.2, 0.25) is 0 Å². The predicted molar refractivity (Wildman–Crippen MR) is 155 cm³/mol. The van der Waals surface area contributed by atoms with Gasteiger partial charge in [-0.3, -0.25) is 19.3 Å². The number of hydrogen-bond acceptors (Lipinski definition) is 15. The molecule has 3 aliphatic heterocycles. The third kappa shape index (κ3) is 6.10. The fourth-order valence-corrected chi connectivity index (χ4v) is 7.71. The van der Waals surface area contributed by atoms with Gasteiger partial charge in [0, 0.05) is 17.6 Å². The SMILES string of the molecule is CSC1(NC(=O)/C(=N\O)c2csc(N)n2)C(=O)N2C(C(=O)OCOC(=O)C(C)(C)C)=C(C3CCOC(C)(C)O3)CS[C@H]21. The molecule has 230 valence electrons. The average Bonchev–Trinajstić information content (AvgIpc) is 3.35. The number of oxime groups is 1. The summed E-state index contributed by atoms with van der Waals surface area (Å²) in [6.45, 7) is 8.21. The molecule has 0 bridgehead atoms. The molecule has 17 heteroatoms.